The van der Waals surface area contributed by atoms with Gasteiger partial charge in [-0.2, -0.15) is 13.2 Å². The SMILES string of the molecule is CNc1cc(C(F)(F)F)cc(NC2CCC(C)CC2C)n1. The first-order chi connectivity index (χ1) is 9.79. The second-order valence-electron chi connectivity index (χ2n) is 6.02. The Morgan fingerprint density at radius 3 is 2.38 bits per heavy atom. The summed E-state index contributed by atoms with van der Waals surface area (Å²) in [4.78, 5) is 4.19. The van der Waals surface area contributed by atoms with E-state index in [-0.39, 0.29) is 11.9 Å². The molecule has 0 aliphatic heterocycles. The van der Waals surface area contributed by atoms with Gasteiger partial charge >= 0.3 is 6.18 Å². The van der Waals surface area contributed by atoms with E-state index in [0.29, 0.717) is 17.7 Å². The fraction of sp³-hybridized carbons (Fsp3) is 0.667. The first-order valence-electron chi connectivity index (χ1n) is 7.33. The van der Waals surface area contributed by atoms with Crippen LogP contribution in [-0.4, -0.2) is 18.1 Å². The summed E-state index contributed by atoms with van der Waals surface area (Å²) < 4.78 is 38.7. The third-order valence-corrected chi connectivity index (χ3v) is 4.17. The molecule has 2 N–H and O–H groups in total. The molecule has 0 aromatic carbocycles. The second kappa shape index (κ2) is 6.12. The summed E-state index contributed by atoms with van der Waals surface area (Å²) >= 11 is 0. The summed E-state index contributed by atoms with van der Waals surface area (Å²) in [6, 6.07) is 2.30. The molecule has 1 aromatic rings. The Hall–Kier alpha value is -1.46. The van der Waals surface area contributed by atoms with E-state index in [1.165, 1.54) is 0 Å². The van der Waals surface area contributed by atoms with Crippen LogP contribution in [0.3, 0.4) is 0 Å². The van der Waals surface area contributed by atoms with Gasteiger partial charge in [-0.1, -0.05) is 13.8 Å². The van der Waals surface area contributed by atoms with Crippen molar-refractivity contribution in [3.8, 4) is 0 Å². The highest BCUT2D eigenvalue weighted by molar-refractivity contribution is 5.50. The number of halogens is 3. The van der Waals surface area contributed by atoms with Crippen LogP contribution < -0.4 is 10.6 Å². The van der Waals surface area contributed by atoms with Gasteiger partial charge in [-0.15, -0.1) is 0 Å². The third-order valence-electron chi connectivity index (χ3n) is 4.17. The molecular weight excluding hydrogens is 279 g/mol. The van der Waals surface area contributed by atoms with Crippen molar-refractivity contribution in [2.45, 2.75) is 45.3 Å². The number of nitrogens with one attached hydrogen (secondary N) is 2. The minimum absolute atomic E-state index is 0.182. The molecule has 0 amide bonds. The lowest BCUT2D eigenvalue weighted by atomic mass is 9.80. The molecule has 2 rings (SSSR count). The maximum absolute atomic E-state index is 12.9. The van der Waals surface area contributed by atoms with Gasteiger partial charge in [0.2, 0.25) is 0 Å². The number of pyridine rings is 1. The van der Waals surface area contributed by atoms with Gasteiger partial charge in [0.05, 0.1) is 5.56 Å². The van der Waals surface area contributed by atoms with E-state index in [1.807, 2.05) is 0 Å². The van der Waals surface area contributed by atoms with Crippen molar-refractivity contribution < 1.29 is 13.2 Å². The van der Waals surface area contributed by atoms with Crippen LogP contribution in [0.25, 0.3) is 0 Å². The molecule has 0 bridgehead atoms. The largest absolute Gasteiger partial charge is 0.416 e. The van der Waals surface area contributed by atoms with Crippen LogP contribution in [0.2, 0.25) is 0 Å². The number of nitrogens with zero attached hydrogens (tertiary/aromatic N) is 1. The molecule has 1 saturated carbocycles. The first-order valence-corrected chi connectivity index (χ1v) is 7.33. The molecule has 6 heteroatoms. The van der Waals surface area contributed by atoms with Gasteiger partial charge in [-0.05, 0) is 43.2 Å². The number of hydrogen-bond donors (Lipinski definition) is 2. The van der Waals surface area contributed by atoms with E-state index in [2.05, 4.69) is 29.5 Å². The van der Waals surface area contributed by atoms with Gasteiger partial charge in [0, 0.05) is 13.1 Å². The number of rotatable bonds is 3. The van der Waals surface area contributed by atoms with Crippen molar-refractivity contribution in [2.75, 3.05) is 17.7 Å². The fourth-order valence-electron chi connectivity index (χ4n) is 2.97. The quantitative estimate of drug-likeness (QED) is 0.870. The predicted octanol–water partition coefficient (Wildman–Crippen LogP) is 4.38. The second-order valence-corrected chi connectivity index (χ2v) is 6.02. The van der Waals surface area contributed by atoms with Gasteiger partial charge in [0.25, 0.3) is 0 Å². The van der Waals surface area contributed by atoms with Crippen LogP contribution in [0, 0.1) is 11.8 Å². The zero-order chi connectivity index (χ0) is 15.6. The van der Waals surface area contributed by atoms with E-state index in [0.717, 1.165) is 31.4 Å². The average molecular weight is 301 g/mol. The monoisotopic (exact) mass is 301 g/mol. The standard InChI is InChI=1S/C15H22F3N3/c1-9-4-5-12(10(2)6-9)20-14-8-11(15(16,17)18)7-13(19-3)21-14/h7-10,12H,4-6H2,1-3H3,(H2,19,20,21). The summed E-state index contributed by atoms with van der Waals surface area (Å²) in [5.41, 5.74) is -0.679. The van der Waals surface area contributed by atoms with E-state index < -0.39 is 11.7 Å². The molecular formula is C15H22F3N3. The zero-order valence-electron chi connectivity index (χ0n) is 12.6. The smallest absolute Gasteiger partial charge is 0.373 e. The minimum Gasteiger partial charge on any atom is -0.373 e. The van der Waals surface area contributed by atoms with Gasteiger partial charge in [-0.3, -0.25) is 0 Å². The minimum atomic E-state index is -4.36. The molecule has 3 atom stereocenters. The Morgan fingerprint density at radius 2 is 1.81 bits per heavy atom. The van der Waals surface area contributed by atoms with Gasteiger partial charge < -0.3 is 10.6 Å². The fourth-order valence-corrected chi connectivity index (χ4v) is 2.97. The lowest BCUT2D eigenvalue weighted by Gasteiger charge is -2.33. The molecule has 1 aliphatic carbocycles. The van der Waals surface area contributed by atoms with Gasteiger partial charge in [-0.25, -0.2) is 4.98 Å². The molecule has 3 unspecified atom stereocenters. The lowest BCUT2D eigenvalue weighted by molar-refractivity contribution is -0.137. The summed E-state index contributed by atoms with van der Waals surface area (Å²) in [7, 11) is 1.57. The molecule has 1 fully saturated rings. The number of anilines is 2. The number of hydrogen-bond acceptors (Lipinski definition) is 3. The summed E-state index contributed by atoms with van der Waals surface area (Å²) in [5, 5.41) is 5.87. The van der Waals surface area contributed by atoms with Crippen molar-refractivity contribution in [2.24, 2.45) is 11.8 Å². The predicted molar refractivity (Wildman–Crippen MR) is 78.4 cm³/mol. The van der Waals surface area contributed by atoms with Crippen LogP contribution in [0.4, 0.5) is 24.8 Å². The molecule has 0 radical (unpaired) electrons. The van der Waals surface area contributed by atoms with Crippen molar-refractivity contribution in [1.82, 2.24) is 4.98 Å². The van der Waals surface area contributed by atoms with Crippen LogP contribution in [0.15, 0.2) is 12.1 Å². The van der Waals surface area contributed by atoms with Crippen molar-refractivity contribution in [1.29, 1.82) is 0 Å². The Labute approximate surface area is 123 Å². The molecule has 1 heterocycles. The molecule has 1 aromatic heterocycles. The van der Waals surface area contributed by atoms with E-state index in [9.17, 15) is 13.2 Å². The maximum atomic E-state index is 12.9. The Bertz CT molecular complexity index is 488. The Balaban J connectivity index is 2.19. The van der Waals surface area contributed by atoms with E-state index in [1.54, 1.807) is 7.05 Å². The lowest BCUT2D eigenvalue weighted by Crippen LogP contribution is -2.33. The molecule has 21 heavy (non-hydrogen) atoms. The summed E-state index contributed by atoms with van der Waals surface area (Å²) in [5.74, 6) is 1.63. The molecule has 118 valence electrons. The molecule has 3 nitrogen and oxygen atoms in total. The van der Waals surface area contributed by atoms with E-state index >= 15 is 0 Å². The molecule has 0 spiro atoms. The average Bonchev–Trinajstić information content (AvgIpc) is 2.40. The zero-order valence-corrected chi connectivity index (χ0v) is 12.6. The Morgan fingerprint density at radius 1 is 1.14 bits per heavy atom. The highest BCUT2D eigenvalue weighted by Crippen LogP contribution is 2.34. The number of aromatic nitrogens is 1. The maximum Gasteiger partial charge on any atom is 0.416 e. The highest BCUT2D eigenvalue weighted by Gasteiger charge is 2.32. The summed E-state index contributed by atoms with van der Waals surface area (Å²) in [6.45, 7) is 4.36. The summed E-state index contributed by atoms with van der Waals surface area (Å²) in [6.07, 6.45) is -1.21. The topological polar surface area (TPSA) is 37.0 Å². The molecule has 1 aliphatic rings. The van der Waals surface area contributed by atoms with Crippen LogP contribution in [0.1, 0.15) is 38.7 Å². The van der Waals surface area contributed by atoms with Crippen molar-refractivity contribution >= 4 is 11.6 Å². The van der Waals surface area contributed by atoms with Gasteiger partial charge in [0.1, 0.15) is 11.6 Å². The van der Waals surface area contributed by atoms with Gasteiger partial charge in [0.15, 0.2) is 0 Å². The molecule has 0 saturated heterocycles. The van der Waals surface area contributed by atoms with Crippen molar-refractivity contribution in [3.05, 3.63) is 17.7 Å². The van der Waals surface area contributed by atoms with Crippen LogP contribution in [-0.2, 0) is 6.18 Å². The first kappa shape index (κ1) is 15.9. The third kappa shape index (κ3) is 4.02. The number of alkyl halides is 3. The van der Waals surface area contributed by atoms with Crippen molar-refractivity contribution in [3.63, 3.8) is 0 Å². The van der Waals surface area contributed by atoms with Crippen LogP contribution >= 0.6 is 0 Å². The Kier molecular flexibility index (Phi) is 4.64. The highest BCUT2D eigenvalue weighted by atomic mass is 19.4. The van der Waals surface area contributed by atoms with Crippen LogP contribution in [0.5, 0.6) is 0 Å². The normalized spacial score (nSPS) is 26.5. The van der Waals surface area contributed by atoms with E-state index in [4.69, 9.17) is 0 Å².